The van der Waals surface area contributed by atoms with E-state index in [1.54, 1.807) is 11.0 Å². The zero-order valence-corrected chi connectivity index (χ0v) is 12.3. The number of ether oxygens (including phenoxy) is 1. The van der Waals surface area contributed by atoms with Crippen molar-refractivity contribution in [2.45, 2.75) is 25.4 Å². The largest absolute Gasteiger partial charge is 0.472 e. The monoisotopic (exact) mass is 321 g/mol. The number of carbonyl (C=O) groups is 3. The maximum atomic E-state index is 13.0. The van der Waals surface area contributed by atoms with Gasteiger partial charge in [0.05, 0.1) is 12.5 Å². The van der Waals surface area contributed by atoms with E-state index in [0.717, 1.165) is 0 Å². The molecule has 1 aromatic rings. The predicted molar refractivity (Wildman–Crippen MR) is 75.7 cm³/mol. The van der Waals surface area contributed by atoms with Crippen LogP contribution in [0.3, 0.4) is 0 Å². The van der Waals surface area contributed by atoms with Crippen molar-refractivity contribution in [2.24, 2.45) is 5.92 Å². The number of nitrogens with one attached hydrogen (secondary N) is 1. The maximum absolute atomic E-state index is 13.0. The number of carbonyl (C=O) groups excluding carboxylic acids is 3. The summed E-state index contributed by atoms with van der Waals surface area (Å²) in [6.45, 7) is 0.814. The number of hydrogen-bond acceptors (Lipinski definition) is 5. The van der Waals surface area contributed by atoms with Gasteiger partial charge in [-0.15, -0.1) is 0 Å². The number of nitrogens with zero attached hydrogens (tertiary/aromatic N) is 2. The zero-order valence-electron chi connectivity index (χ0n) is 12.3. The third-order valence-electron chi connectivity index (χ3n) is 3.93. The highest BCUT2D eigenvalue weighted by Crippen LogP contribution is 2.22. The van der Waals surface area contributed by atoms with Crippen molar-refractivity contribution in [3.05, 3.63) is 24.1 Å². The van der Waals surface area contributed by atoms with E-state index in [0.29, 0.717) is 19.5 Å². The second-order valence-corrected chi connectivity index (χ2v) is 5.69. The molecule has 0 saturated carbocycles. The number of piperidine rings is 1. The lowest BCUT2D eigenvalue weighted by Gasteiger charge is -2.25. The summed E-state index contributed by atoms with van der Waals surface area (Å²) in [6.07, 6.45) is 0.369. The van der Waals surface area contributed by atoms with Crippen LogP contribution in [0.2, 0.25) is 0 Å². The van der Waals surface area contributed by atoms with E-state index in [1.807, 2.05) is 0 Å². The third kappa shape index (κ3) is 3.64. The Morgan fingerprint density at radius 3 is 2.74 bits per heavy atom. The summed E-state index contributed by atoms with van der Waals surface area (Å²) in [6, 6.07) is 4.28. The molecule has 122 valence electrons. The Labute approximate surface area is 131 Å². The second kappa shape index (κ2) is 6.31. The summed E-state index contributed by atoms with van der Waals surface area (Å²) in [5.41, 5.74) is 0. The topological polar surface area (TPSA) is 88.6 Å². The van der Waals surface area contributed by atoms with Crippen LogP contribution in [0, 0.1) is 11.9 Å². The van der Waals surface area contributed by atoms with Crippen LogP contribution < -0.4 is 10.1 Å². The van der Waals surface area contributed by atoms with Gasteiger partial charge in [0.25, 0.3) is 0 Å². The molecular weight excluding hydrogens is 305 g/mol. The molecule has 0 radical (unpaired) electrons. The maximum Gasteiger partial charge on any atom is 0.227 e. The molecule has 7 nitrogen and oxygen atoms in total. The predicted octanol–water partition coefficient (Wildman–Crippen LogP) is 0.253. The Kier molecular flexibility index (Phi) is 4.22. The van der Waals surface area contributed by atoms with Gasteiger partial charge in [-0.1, -0.05) is 6.07 Å². The van der Waals surface area contributed by atoms with Gasteiger partial charge >= 0.3 is 0 Å². The van der Waals surface area contributed by atoms with Gasteiger partial charge in [0.2, 0.25) is 29.5 Å². The Balaban J connectivity index is 1.57. The normalized spacial score (nSPS) is 22.1. The van der Waals surface area contributed by atoms with Crippen LogP contribution in [0.25, 0.3) is 0 Å². The standard InChI is InChI=1S/C15H16FN3O4/c16-11-2-1-3-14(17-11)23-10-4-5-19(8-10)15(22)9-6-12(20)18-13(21)7-9/h1-3,9-10H,4-8H2,(H,18,20,21). The van der Waals surface area contributed by atoms with E-state index in [1.165, 1.54) is 12.1 Å². The third-order valence-corrected chi connectivity index (χ3v) is 3.93. The minimum atomic E-state index is -0.625. The van der Waals surface area contributed by atoms with Gasteiger partial charge in [0.1, 0.15) is 6.10 Å². The number of likely N-dealkylation sites (tertiary alicyclic amines) is 1. The van der Waals surface area contributed by atoms with Gasteiger partial charge in [-0.3, -0.25) is 19.7 Å². The van der Waals surface area contributed by atoms with E-state index in [2.05, 4.69) is 10.3 Å². The second-order valence-electron chi connectivity index (χ2n) is 5.69. The van der Waals surface area contributed by atoms with Crippen molar-refractivity contribution in [1.82, 2.24) is 15.2 Å². The van der Waals surface area contributed by atoms with Crippen molar-refractivity contribution in [3.63, 3.8) is 0 Å². The lowest BCUT2D eigenvalue weighted by Crippen LogP contribution is -2.45. The first-order valence-corrected chi connectivity index (χ1v) is 7.42. The lowest BCUT2D eigenvalue weighted by molar-refractivity contribution is -0.144. The molecule has 8 heteroatoms. The molecular formula is C15H16FN3O4. The smallest absolute Gasteiger partial charge is 0.227 e. The fourth-order valence-corrected chi connectivity index (χ4v) is 2.86. The minimum Gasteiger partial charge on any atom is -0.472 e. The molecule has 2 aliphatic heterocycles. The molecule has 1 N–H and O–H groups in total. The van der Waals surface area contributed by atoms with Crippen LogP contribution in [0.4, 0.5) is 4.39 Å². The molecule has 3 rings (SSSR count). The van der Waals surface area contributed by atoms with Gasteiger partial charge in [0, 0.05) is 31.9 Å². The molecule has 3 heterocycles. The van der Waals surface area contributed by atoms with Gasteiger partial charge < -0.3 is 9.64 Å². The average molecular weight is 321 g/mol. The molecule has 0 spiro atoms. The van der Waals surface area contributed by atoms with E-state index in [9.17, 15) is 18.8 Å². The molecule has 3 amide bonds. The highest BCUT2D eigenvalue weighted by atomic mass is 19.1. The van der Waals surface area contributed by atoms with E-state index < -0.39 is 23.7 Å². The average Bonchev–Trinajstić information content (AvgIpc) is 2.94. The number of pyridine rings is 1. The highest BCUT2D eigenvalue weighted by molar-refractivity contribution is 6.02. The van der Waals surface area contributed by atoms with Crippen molar-refractivity contribution in [1.29, 1.82) is 0 Å². The van der Waals surface area contributed by atoms with Crippen LogP contribution in [-0.2, 0) is 14.4 Å². The number of hydrogen-bond donors (Lipinski definition) is 1. The fourth-order valence-electron chi connectivity index (χ4n) is 2.86. The Hall–Kier alpha value is -2.51. The molecule has 23 heavy (non-hydrogen) atoms. The van der Waals surface area contributed by atoms with Crippen LogP contribution in [0.1, 0.15) is 19.3 Å². The first-order valence-electron chi connectivity index (χ1n) is 7.42. The SMILES string of the molecule is O=C1CC(C(=O)N2CCC(Oc3cccc(F)n3)C2)CC(=O)N1. The van der Waals surface area contributed by atoms with E-state index in [4.69, 9.17) is 4.74 Å². The number of amides is 3. The van der Waals surface area contributed by atoms with E-state index in [-0.39, 0.29) is 30.7 Å². The van der Waals surface area contributed by atoms with Gasteiger partial charge in [-0.25, -0.2) is 0 Å². The van der Waals surface area contributed by atoms with Crippen LogP contribution in [0.5, 0.6) is 5.88 Å². The van der Waals surface area contributed by atoms with Crippen molar-refractivity contribution < 1.29 is 23.5 Å². The first-order chi connectivity index (χ1) is 11.0. The summed E-state index contributed by atoms with van der Waals surface area (Å²) in [7, 11) is 0. The van der Waals surface area contributed by atoms with E-state index >= 15 is 0 Å². The van der Waals surface area contributed by atoms with Gasteiger partial charge in [-0.2, -0.15) is 9.37 Å². The fraction of sp³-hybridized carbons (Fsp3) is 0.467. The summed E-state index contributed by atoms with van der Waals surface area (Å²) >= 11 is 0. The molecule has 2 aliphatic rings. The summed E-state index contributed by atoms with van der Waals surface area (Å²) in [5, 5.41) is 2.18. The number of aromatic nitrogens is 1. The Bertz CT molecular complexity index is 635. The van der Waals surface area contributed by atoms with Crippen LogP contribution in [-0.4, -0.2) is 46.8 Å². The molecule has 2 saturated heterocycles. The lowest BCUT2D eigenvalue weighted by atomic mass is 9.95. The summed E-state index contributed by atoms with van der Waals surface area (Å²) in [4.78, 5) is 40.4. The molecule has 1 atom stereocenters. The van der Waals surface area contributed by atoms with Gasteiger partial charge in [-0.05, 0) is 6.07 Å². The Morgan fingerprint density at radius 1 is 1.30 bits per heavy atom. The quantitative estimate of drug-likeness (QED) is 0.637. The highest BCUT2D eigenvalue weighted by Gasteiger charge is 2.36. The van der Waals surface area contributed by atoms with Crippen LogP contribution >= 0.6 is 0 Å². The molecule has 0 bridgehead atoms. The van der Waals surface area contributed by atoms with Gasteiger partial charge in [0.15, 0.2) is 0 Å². The Morgan fingerprint density at radius 2 is 2.04 bits per heavy atom. The number of halogens is 1. The zero-order chi connectivity index (χ0) is 16.4. The molecule has 1 unspecified atom stereocenters. The van der Waals surface area contributed by atoms with Crippen molar-refractivity contribution in [2.75, 3.05) is 13.1 Å². The number of rotatable bonds is 3. The number of imide groups is 1. The first kappa shape index (κ1) is 15.4. The van der Waals surface area contributed by atoms with Crippen LogP contribution in [0.15, 0.2) is 18.2 Å². The molecule has 0 aromatic carbocycles. The van der Waals surface area contributed by atoms with Crippen molar-refractivity contribution >= 4 is 17.7 Å². The molecule has 0 aliphatic carbocycles. The summed E-state index contributed by atoms with van der Waals surface area (Å²) in [5.74, 6) is -2.11. The molecule has 1 aromatic heterocycles. The summed E-state index contributed by atoms with van der Waals surface area (Å²) < 4.78 is 18.6. The van der Waals surface area contributed by atoms with Crippen molar-refractivity contribution in [3.8, 4) is 5.88 Å². The molecule has 2 fully saturated rings. The minimum absolute atomic E-state index is 0.0258.